The van der Waals surface area contributed by atoms with Crippen LogP contribution in [0.1, 0.15) is 36.4 Å². The van der Waals surface area contributed by atoms with Crippen LogP contribution in [0.25, 0.3) is 0 Å². The molecule has 0 amide bonds. The van der Waals surface area contributed by atoms with E-state index in [4.69, 9.17) is 0 Å². The van der Waals surface area contributed by atoms with Gasteiger partial charge in [-0.2, -0.15) is 0 Å². The summed E-state index contributed by atoms with van der Waals surface area (Å²) in [6, 6.07) is 2.19. The number of hydrogen-bond donors (Lipinski definition) is 0. The van der Waals surface area contributed by atoms with Gasteiger partial charge in [-0.1, -0.05) is 13.8 Å². The number of rotatable bonds is 2. The zero-order valence-corrected chi connectivity index (χ0v) is 8.44. The maximum Gasteiger partial charge on any atom is 0.0435 e. The Kier molecular flexibility index (Phi) is 2.85. The van der Waals surface area contributed by atoms with Crippen molar-refractivity contribution >= 4 is 0 Å². The summed E-state index contributed by atoms with van der Waals surface area (Å²) in [5, 5.41) is 0. The summed E-state index contributed by atoms with van der Waals surface area (Å²) in [7, 11) is 0. The van der Waals surface area contributed by atoms with Gasteiger partial charge >= 0.3 is 0 Å². The second-order valence-corrected chi connectivity index (χ2v) is 3.21. The molecule has 0 aliphatic rings. The highest BCUT2D eigenvalue weighted by atomic mass is 14.7. The zero-order valence-electron chi connectivity index (χ0n) is 8.44. The first-order chi connectivity index (χ1) is 5.69. The van der Waals surface area contributed by atoms with Gasteiger partial charge in [0, 0.05) is 11.4 Å². The topological polar surface area (TPSA) is 12.9 Å². The van der Waals surface area contributed by atoms with Crippen LogP contribution >= 0.6 is 0 Å². The van der Waals surface area contributed by atoms with Gasteiger partial charge in [-0.05, 0) is 43.9 Å². The molecule has 0 saturated carbocycles. The van der Waals surface area contributed by atoms with Crippen LogP contribution in [-0.4, -0.2) is 4.98 Å². The van der Waals surface area contributed by atoms with E-state index in [0.29, 0.717) is 0 Å². The van der Waals surface area contributed by atoms with E-state index in [0.717, 1.165) is 12.8 Å². The molecule has 0 N–H and O–H groups in total. The van der Waals surface area contributed by atoms with Gasteiger partial charge in [0.05, 0.1) is 0 Å². The largest absolute Gasteiger partial charge is 0.258 e. The molecular weight excluding hydrogens is 146 g/mol. The molecule has 1 nitrogen and oxygen atoms in total. The van der Waals surface area contributed by atoms with Crippen LogP contribution in [0.15, 0.2) is 6.07 Å². The van der Waals surface area contributed by atoms with Gasteiger partial charge in [-0.25, -0.2) is 0 Å². The van der Waals surface area contributed by atoms with Crippen molar-refractivity contribution in [2.75, 3.05) is 0 Å². The minimum absolute atomic E-state index is 1.04. The highest BCUT2D eigenvalue weighted by Gasteiger charge is 2.02. The Bertz CT molecular complexity index is 277. The Balaban J connectivity index is 3.19. The lowest BCUT2D eigenvalue weighted by Gasteiger charge is -2.08. The quantitative estimate of drug-likeness (QED) is 0.653. The van der Waals surface area contributed by atoms with Crippen LogP contribution in [0.2, 0.25) is 0 Å². The molecule has 0 fully saturated rings. The highest BCUT2D eigenvalue weighted by molar-refractivity contribution is 5.30. The minimum atomic E-state index is 1.04. The number of pyridine rings is 1. The van der Waals surface area contributed by atoms with Crippen LogP contribution in [0, 0.1) is 13.8 Å². The molecule has 0 unspecified atom stereocenters. The number of aromatic nitrogens is 1. The summed E-state index contributed by atoms with van der Waals surface area (Å²) in [5.74, 6) is 0. The molecule has 0 aliphatic carbocycles. The fourth-order valence-electron chi connectivity index (χ4n) is 1.40. The smallest absolute Gasteiger partial charge is 0.0435 e. The molecule has 66 valence electrons. The molecular formula is C11H17N. The molecule has 0 saturated heterocycles. The van der Waals surface area contributed by atoms with Gasteiger partial charge in [0.2, 0.25) is 0 Å². The monoisotopic (exact) mass is 163 g/mol. The highest BCUT2D eigenvalue weighted by Crippen LogP contribution is 2.13. The van der Waals surface area contributed by atoms with Gasteiger partial charge in [0.1, 0.15) is 0 Å². The second-order valence-electron chi connectivity index (χ2n) is 3.21. The van der Waals surface area contributed by atoms with E-state index in [9.17, 15) is 0 Å². The van der Waals surface area contributed by atoms with Gasteiger partial charge in [-0.3, -0.25) is 4.98 Å². The van der Waals surface area contributed by atoms with Crippen molar-refractivity contribution < 1.29 is 0 Å². The van der Waals surface area contributed by atoms with Crippen molar-refractivity contribution in [3.8, 4) is 0 Å². The molecule has 1 aromatic heterocycles. The van der Waals surface area contributed by atoms with Gasteiger partial charge < -0.3 is 0 Å². The predicted molar refractivity (Wildman–Crippen MR) is 52.5 cm³/mol. The number of nitrogens with zero attached hydrogens (tertiary/aromatic N) is 1. The maximum atomic E-state index is 4.57. The van der Waals surface area contributed by atoms with Gasteiger partial charge in [-0.15, -0.1) is 0 Å². The zero-order chi connectivity index (χ0) is 9.14. The summed E-state index contributed by atoms with van der Waals surface area (Å²) >= 11 is 0. The summed E-state index contributed by atoms with van der Waals surface area (Å²) in [5.41, 5.74) is 5.20. The molecule has 1 heterocycles. The van der Waals surface area contributed by atoms with E-state index in [2.05, 4.69) is 38.7 Å². The number of aryl methyl sites for hydroxylation is 3. The maximum absolute atomic E-state index is 4.57. The normalized spacial score (nSPS) is 10.3. The Hall–Kier alpha value is -0.850. The third-order valence-electron chi connectivity index (χ3n) is 2.38. The average molecular weight is 163 g/mol. The number of hydrogen-bond acceptors (Lipinski definition) is 1. The van der Waals surface area contributed by atoms with E-state index in [1.807, 2.05) is 0 Å². The molecule has 1 heteroatoms. The summed E-state index contributed by atoms with van der Waals surface area (Å²) in [6.07, 6.45) is 2.08. The fraction of sp³-hybridized carbons (Fsp3) is 0.545. The van der Waals surface area contributed by atoms with Crippen molar-refractivity contribution in [3.63, 3.8) is 0 Å². The first-order valence-electron chi connectivity index (χ1n) is 4.65. The molecule has 0 atom stereocenters. The summed E-state index contributed by atoms with van der Waals surface area (Å²) in [6.45, 7) is 8.63. The Morgan fingerprint density at radius 2 is 1.83 bits per heavy atom. The van der Waals surface area contributed by atoms with Crippen molar-refractivity contribution in [2.45, 2.75) is 40.5 Å². The molecule has 1 aromatic rings. The summed E-state index contributed by atoms with van der Waals surface area (Å²) < 4.78 is 0. The molecule has 0 spiro atoms. The third kappa shape index (κ3) is 1.66. The third-order valence-corrected chi connectivity index (χ3v) is 2.38. The average Bonchev–Trinajstić information content (AvgIpc) is 2.09. The van der Waals surface area contributed by atoms with Crippen molar-refractivity contribution in [3.05, 3.63) is 28.6 Å². The van der Waals surface area contributed by atoms with E-state index >= 15 is 0 Å². The second kappa shape index (κ2) is 3.70. The minimum Gasteiger partial charge on any atom is -0.258 e. The van der Waals surface area contributed by atoms with E-state index in [-0.39, 0.29) is 0 Å². The van der Waals surface area contributed by atoms with Crippen molar-refractivity contribution in [2.24, 2.45) is 0 Å². The Labute approximate surface area is 74.8 Å². The van der Waals surface area contributed by atoms with Crippen LogP contribution in [0.3, 0.4) is 0 Å². The first kappa shape index (κ1) is 9.24. The molecule has 0 bridgehead atoms. The molecule has 0 aliphatic heterocycles. The lowest BCUT2D eigenvalue weighted by Crippen LogP contribution is -1.99. The summed E-state index contributed by atoms with van der Waals surface area (Å²) in [4.78, 5) is 4.57. The lowest BCUT2D eigenvalue weighted by atomic mass is 10.1. The SMILES string of the molecule is CCc1cc(C)c(C)c(CC)n1. The fourth-order valence-corrected chi connectivity index (χ4v) is 1.40. The van der Waals surface area contributed by atoms with Crippen LogP contribution in [0.4, 0.5) is 0 Å². The van der Waals surface area contributed by atoms with E-state index in [1.165, 1.54) is 22.5 Å². The van der Waals surface area contributed by atoms with Crippen molar-refractivity contribution in [1.82, 2.24) is 4.98 Å². The Morgan fingerprint density at radius 3 is 2.33 bits per heavy atom. The Morgan fingerprint density at radius 1 is 1.17 bits per heavy atom. The van der Waals surface area contributed by atoms with E-state index in [1.54, 1.807) is 0 Å². The molecule has 0 aromatic carbocycles. The van der Waals surface area contributed by atoms with Gasteiger partial charge in [0.15, 0.2) is 0 Å². The molecule has 0 radical (unpaired) electrons. The lowest BCUT2D eigenvalue weighted by molar-refractivity contribution is 0.928. The predicted octanol–water partition coefficient (Wildman–Crippen LogP) is 2.82. The molecule has 12 heavy (non-hydrogen) atoms. The van der Waals surface area contributed by atoms with Gasteiger partial charge in [0.25, 0.3) is 0 Å². The molecule has 1 rings (SSSR count). The first-order valence-corrected chi connectivity index (χ1v) is 4.65. The van der Waals surface area contributed by atoms with Crippen LogP contribution in [0.5, 0.6) is 0 Å². The van der Waals surface area contributed by atoms with Crippen LogP contribution in [-0.2, 0) is 12.8 Å². The van der Waals surface area contributed by atoms with E-state index < -0.39 is 0 Å². The van der Waals surface area contributed by atoms with Crippen LogP contribution < -0.4 is 0 Å². The van der Waals surface area contributed by atoms with Crippen molar-refractivity contribution in [1.29, 1.82) is 0 Å². The standard InChI is InChI=1S/C11H17N/c1-5-10-7-8(3)9(4)11(6-2)12-10/h7H,5-6H2,1-4H3.